The zero-order chi connectivity index (χ0) is 68.3. The summed E-state index contributed by atoms with van der Waals surface area (Å²) in [7, 11) is 1.66. The largest absolute Gasteiger partial charge is 0.491 e. The SMILES string of the molecule is CN(C[C@@H](O)CN1CCC(Oc2ccc(Cl)c(Cl)c2)CC1)C(=O)c1c[nH]c(=O)c2ccccc12.C[C@H](CNC(=O)c1n[nH]c(=O)c2ccccc12)CN1CCC(Oc2ccc(Cl)c(Cl)c2)CC1.N=Cc1cccc(OC[C@@H](O)CCN2CCC(Oc3ccc(Cl)c(Cl)c3)CC2)c1.[HH].[HH].[HH].[HH].[HH]. The number of nitrogens with one attached hydrogen (secondary N) is 4. The molecule has 3 saturated heterocycles. The number of rotatable bonds is 23. The Morgan fingerprint density at radius 1 is 0.625 bits per heavy atom. The summed E-state index contributed by atoms with van der Waals surface area (Å²) in [5.74, 6) is 2.58. The van der Waals surface area contributed by atoms with E-state index in [1.54, 1.807) is 98.0 Å². The number of aliphatic hydroxyl groups excluding tert-OH is 2. The number of halogens is 6. The van der Waals surface area contributed by atoms with Gasteiger partial charge < -0.3 is 64.5 Å². The van der Waals surface area contributed by atoms with Crippen LogP contribution in [0.1, 0.15) is 85.4 Å². The van der Waals surface area contributed by atoms with Gasteiger partial charge in [-0.05, 0) is 117 Å². The van der Waals surface area contributed by atoms with Gasteiger partial charge in [-0.2, -0.15) is 5.10 Å². The Bertz CT molecular complexity index is 4060. The zero-order valence-corrected chi connectivity index (χ0v) is 57.9. The Labute approximate surface area is 595 Å². The van der Waals surface area contributed by atoms with Crippen molar-refractivity contribution in [3.63, 3.8) is 0 Å². The smallest absolute Gasteiger partial charge is 0.272 e. The maximum atomic E-state index is 13.0. The third-order valence-corrected chi connectivity index (χ3v) is 19.1. The molecule has 5 heterocycles. The number of carbonyl (C=O) groups is 2. The number of aliphatic hydroxyl groups is 2. The Morgan fingerprint density at radius 2 is 1.11 bits per heavy atom. The number of amides is 2. The van der Waals surface area contributed by atoms with Crippen LogP contribution in [-0.4, -0.2) is 179 Å². The van der Waals surface area contributed by atoms with Gasteiger partial charge in [0.05, 0.1) is 53.3 Å². The topological polar surface area (TPSA) is 239 Å². The lowest BCUT2D eigenvalue weighted by atomic mass is 10.0. The van der Waals surface area contributed by atoms with Gasteiger partial charge in [0, 0.05) is 133 Å². The molecule has 0 spiro atoms. The highest BCUT2D eigenvalue weighted by Crippen LogP contribution is 2.32. The number of carbonyl (C=O) groups excluding carboxylic acids is 2. The Kier molecular flexibility index (Phi) is 27.5. The summed E-state index contributed by atoms with van der Waals surface area (Å²) in [6, 6.07) is 37.2. The van der Waals surface area contributed by atoms with Gasteiger partial charge in [-0.3, -0.25) is 19.2 Å². The highest BCUT2D eigenvalue weighted by molar-refractivity contribution is 6.43. The number of aromatic nitrogens is 3. The lowest BCUT2D eigenvalue weighted by Gasteiger charge is -2.34. The Hall–Kier alpha value is -6.98. The number of ether oxygens (including phenoxy) is 4. The van der Waals surface area contributed by atoms with E-state index in [-0.39, 0.29) is 73.1 Å². The molecule has 3 fully saturated rings. The quantitative estimate of drug-likeness (QED) is 0.0327. The summed E-state index contributed by atoms with van der Waals surface area (Å²) in [6.45, 7) is 10.5. The van der Waals surface area contributed by atoms with E-state index in [2.05, 4.69) is 42.1 Å². The molecular formula is C71H89Cl6N9O10. The third-order valence-electron chi connectivity index (χ3n) is 16.9. The second kappa shape index (κ2) is 36.0. The molecule has 6 N–H and O–H groups in total. The van der Waals surface area contributed by atoms with Crippen molar-refractivity contribution in [2.45, 2.75) is 82.4 Å². The lowest BCUT2D eigenvalue weighted by molar-refractivity contribution is 0.0430. The number of hydrogen-bond acceptors (Lipinski definition) is 15. The predicted octanol–water partition coefficient (Wildman–Crippen LogP) is 13.8. The van der Waals surface area contributed by atoms with Gasteiger partial charge in [-0.25, -0.2) is 5.10 Å². The zero-order valence-electron chi connectivity index (χ0n) is 53.3. The number of likely N-dealkylation sites (tertiary alicyclic amines) is 3. The van der Waals surface area contributed by atoms with Crippen molar-refractivity contribution in [2.24, 2.45) is 5.92 Å². The summed E-state index contributed by atoms with van der Waals surface area (Å²) in [6.07, 6.45) is 7.89. The first-order chi connectivity index (χ1) is 46.2. The molecule has 0 unspecified atom stereocenters. The average Bonchev–Trinajstić information content (AvgIpc) is 0.804. The van der Waals surface area contributed by atoms with E-state index in [1.165, 1.54) is 17.3 Å². The van der Waals surface area contributed by atoms with Crippen LogP contribution in [0.25, 0.3) is 21.5 Å². The normalized spacial score (nSPS) is 16.1. The first kappa shape index (κ1) is 73.3. The van der Waals surface area contributed by atoms with Crippen LogP contribution in [0.5, 0.6) is 23.0 Å². The molecule has 2 aromatic heterocycles. The van der Waals surface area contributed by atoms with Crippen molar-refractivity contribution in [1.29, 1.82) is 5.41 Å². The van der Waals surface area contributed by atoms with Crippen LogP contribution in [0.15, 0.2) is 143 Å². The monoisotopic (exact) mass is 1440 g/mol. The number of fused-ring (bicyclic) bond motifs is 2. The minimum absolute atomic E-state index is 0. The fourth-order valence-electron chi connectivity index (χ4n) is 11.7. The molecule has 96 heavy (non-hydrogen) atoms. The Balaban J connectivity index is 0.000000315. The van der Waals surface area contributed by atoms with E-state index in [0.717, 1.165) is 108 Å². The van der Waals surface area contributed by atoms with E-state index in [0.29, 0.717) is 88.3 Å². The van der Waals surface area contributed by atoms with Crippen molar-refractivity contribution in [3.05, 3.63) is 201 Å². The minimum Gasteiger partial charge on any atom is -0.491 e. The molecule has 0 saturated carbocycles. The molecule has 3 aliphatic rings. The first-order valence-electron chi connectivity index (χ1n) is 32.0. The van der Waals surface area contributed by atoms with Crippen LogP contribution in [0.3, 0.4) is 0 Å². The number of β-amino-alcohol motifs (C(OH)–C–C–N with tert-alkyl or cyclic N) is 1. The average molecular weight is 1440 g/mol. The van der Waals surface area contributed by atoms with Crippen LogP contribution in [0, 0.1) is 11.3 Å². The second-order valence-electron chi connectivity index (χ2n) is 24.3. The summed E-state index contributed by atoms with van der Waals surface area (Å²) in [4.78, 5) is 60.7. The molecule has 25 heteroatoms. The third kappa shape index (κ3) is 21.5. The number of piperidine rings is 3. The first-order valence-corrected chi connectivity index (χ1v) is 34.3. The molecule has 520 valence electrons. The molecule has 11 rings (SSSR count). The standard InChI is InChI=1S/C25H27Cl2N3O4.C24H26Cl2N4O3.C22H26Cl2N2O3.5H2/c1-29(25(33)21-13-28-24(32)20-5-3-2-4-19(20)21)14-16(31)15-30-10-8-17(9-11-30)34-18-6-7-22(26)23(27)12-18;1-15(13-27-24(32)22-18-4-2-3-5-19(18)23(31)29-28-22)14-30-10-8-16(9-11-30)33-17-6-7-20(25)21(26)12-17;23-21-5-4-20(13-22(21)24)29-18-7-10-26(11-8-18)9-6-17(27)15-28-19-3-1-2-16(12-19)14-25;;;;;/h2-7,12-13,16-17,31H,8-11,14-15H2,1H3,(H,28,32);2-7,12,15-16H,8-11,13-14H2,1H3,(H,27,32)(H,29,31);1-5,12-14,17-18,25,27H,6-11,15H2;5*1H/t16-;15-;17-;;;;;/m110...../s1. The van der Waals surface area contributed by atoms with Crippen molar-refractivity contribution < 1.29 is 45.9 Å². The van der Waals surface area contributed by atoms with Gasteiger partial charge in [0.1, 0.15) is 47.9 Å². The highest BCUT2D eigenvalue weighted by Gasteiger charge is 2.27. The summed E-state index contributed by atoms with van der Waals surface area (Å²) in [5.41, 5.74) is 0.884. The molecule has 19 nitrogen and oxygen atoms in total. The maximum absolute atomic E-state index is 13.0. The highest BCUT2D eigenvalue weighted by atomic mass is 35.5. The molecular weight excluding hydrogens is 1350 g/mol. The van der Waals surface area contributed by atoms with Crippen LogP contribution >= 0.6 is 69.6 Å². The predicted molar refractivity (Wildman–Crippen MR) is 392 cm³/mol. The van der Waals surface area contributed by atoms with Crippen molar-refractivity contribution in [3.8, 4) is 23.0 Å². The molecule has 8 aromatic rings. The van der Waals surface area contributed by atoms with Gasteiger partial charge >= 0.3 is 0 Å². The molecule has 0 aliphatic carbocycles. The van der Waals surface area contributed by atoms with E-state index in [9.17, 15) is 29.4 Å². The molecule has 3 atom stereocenters. The van der Waals surface area contributed by atoms with E-state index in [1.807, 2.05) is 36.4 Å². The summed E-state index contributed by atoms with van der Waals surface area (Å²) in [5, 5.41) is 42.5. The van der Waals surface area contributed by atoms with Gasteiger partial charge in [-0.1, -0.05) is 125 Å². The van der Waals surface area contributed by atoms with Gasteiger partial charge in [0.25, 0.3) is 22.9 Å². The number of H-pyrrole nitrogens is 2. The van der Waals surface area contributed by atoms with E-state index >= 15 is 0 Å². The number of nitrogens with zero attached hydrogens (tertiary/aromatic N) is 5. The van der Waals surface area contributed by atoms with Crippen LogP contribution in [0.2, 0.25) is 30.1 Å². The number of benzene rings is 6. The number of aromatic amines is 2. The minimum atomic E-state index is -0.699. The van der Waals surface area contributed by atoms with Gasteiger partial charge in [0.15, 0.2) is 5.69 Å². The molecule has 6 aromatic carbocycles. The molecule has 2 amide bonds. The molecule has 0 radical (unpaired) electrons. The molecule has 3 aliphatic heterocycles. The van der Waals surface area contributed by atoms with Crippen LogP contribution in [-0.2, 0) is 0 Å². The van der Waals surface area contributed by atoms with Crippen LogP contribution < -0.4 is 35.4 Å². The number of hydrogen-bond donors (Lipinski definition) is 6. The van der Waals surface area contributed by atoms with E-state index < -0.39 is 12.2 Å². The summed E-state index contributed by atoms with van der Waals surface area (Å²) >= 11 is 36.0. The maximum Gasteiger partial charge on any atom is 0.272 e. The van der Waals surface area contributed by atoms with Crippen LogP contribution in [0.4, 0.5) is 0 Å². The molecule has 0 bridgehead atoms. The fourth-order valence-corrected chi connectivity index (χ4v) is 12.6. The number of pyridine rings is 1. The fraction of sp³-hybridized carbons (Fsp3) is 0.380. The van der Waals surface area contributed by atoms with Crippen molar-refractivity contribution in [2.75, 3.05) is 85.6 Å². The lowest BCUT2D eigenvalue weighted by Crippen LogP contribution is -2.45. The summed E-state index contributed by atoms with van der Waals surface area (Å²) < 4.78 is 23.7. The number of likely N-dealkylation sites (N-methyl/N-ethyl adjacent to an activating group) is 1. The van der Waals surface area contributed by atoms with Crippen molar-refractivity contribution >= 4 is 109 Å². The van der Waals surface area contributed by atoms with Crippen molar-refractivity contribution in [1.82, 2.24) is 40.1 Å². The second-order valence-corrected chi connectivity index (χ2v) is 26.7. The van der Waals surface area contributed by atoms with Gasteiger partial charge in [0.2, 0.25) is 0 Å². The van der Waals surface area contributed by atoms with E-state index in [4.69, 9.17) is 94.0 Å². The van der Waals surface area contributed by atoms with Gasteiger partial charge in [-0.15, -0.1) is 0 Å². The Morgan fingerprint density at radius 3 is 1.64 bits per heavy atom.